The van der Waals surface area contributed by atoms with Crippen LogP contribution < -0.4 is 4.74 Å². The molecule has 0 bridgehead atoms. The summed E-state index contributed by atoms with van der Waals surface area (Å²) in [4.78, 5) is 12.8. The number of ketones is 1. The largest absolute Gasteiger partial charge is 0.491 e. The first-order valence-corrected chi connectivity index (χ1v) is 12.6. The van der Waals surface area contributed by atoms with Crippen LogP contribution in [0.1, 0.15) is 47.3 Å². The summed E-state index contributed by atoms with van der Waals surface area (Å²) >= 11 is 0. The van der Waals surface area contributed by atoms with Gasteiger partial charge in [0.25, 0.3) is 0 Å². The van der Waals surface area contributed by atoms with Gasteiger partial charge in [-0.3, -0.25) is 4.79 Å². The van der Waals surface area contributed by atoms with E-state index < -0.39 is 34.7 Å². The lowest BCUT2D eigenvalue weighted by atomic mass is 9.95. The van der Waals surface area contributed by atoms with Gasteiger partial charge in [0.15, 0.2) is 17.3 Å². The molecular formula is C32H28F4O2. The van der Waals surface area contributed by atoms with Crippen molar-refractivity contribution in [1.82, 2.24) is 0 Å². The van der Waals surface area contributed by atoms with Crippen LogP contribution in [0.2, 0.25) is 0 Å². The Hall–Kier alpha value is -3.93. The number of hydrogen-bond donors (Lipinski definition) is 0. The summed E-state index contributed by atoms with van der Waals surface area (Å²) in [5.74, 6) is -2.91. The van der Waals surface area contributed by atoms with E-state index in [4.69, 9.17) is 4.74 Å². The molecule has 0 fully saturated rings. The van der Waals surface area contributed by atoms with Crippen molar-refractivity contribution < 1.29 is 27.1 Å². The molecule has 0 atom stereocenters. The van der Waals surface area contributed by atoms with E-state index >= 15 is 0 Å². The predicted octanol–water partition coefficient (Wildman–Crippen LogP) is 8.96. The van der Waals surface area contributed by atoms with Gasteiger partial charge in [0.2, 0.25) is 0 Å². The summed E-state index contributed by atoms with van der Waals surface area (Å²) in [6.07, 6.45) is -3.16. The summed E-state index contributed by atoms with van der Waals surface area (Å²) < 4.78 is 60.3. The smallest absolute Gasteiger partial charge is 0.420 e. The molecule has 4 aromatic carbocycles. The van der Waals surface area contributed by atoms with Crippen LogP contribution in [0.3, 0.4) is 0 Å². The fraction of sp³-hybridized carbons (Fsp3) is 0.219. The Morgan fingerprint density at radius 3 is 1.63 bits per heavy atom. The van der Waals surface area contributed by atoms with Gasteiger partial charge in [-0.25, -0.2) is 4.39 Å². The van der Waals surface area contributed by atoms with Crippen molar-refractivity contribution in [3.8, 4) is 28.0 Å². The molecule has 0 amide bonds. The summed E-state index contributed by atoms with van der Waals surface area (Å²) in [6.45, 7) is 3.70. The molecule has 38 heavy (non-hydrogen) atoms. The Labute approximate surface area is 219 Å². The second-order valence-corrected chi connectivity index (χ2v) is 9.05. The minimum Gasteiger partial charge on any atom is -0.491 e. The number of benzene rings is 4. The normalized spacial score (nSPS) is 11.4. The highest BCUT2D eigenvalue weighted by molar-refractivity contribution is 5.99. The van der Waals surface area contributed by atoms with E-state index in [-0.39, 0.29) is 13.0 Å². The molecule has 0 heterocycles. The van der Waals surface area contributed by atoms with Crippen LogP contribution in [0.4, 0.5) is 17.6 Å². The number of halogens is 4. The molecule has 4 aromatic rings. The van der Waals surface area contributed by atoms with Crippen molar-refractivity contribution in [1.29, 1.82) is 0 Å². The first kappa shape index (κ1) is 27.1. The molecule has 2 nitrogen and oxygen atoms in total. The Balaban J connectivity index is 1.50. The molecule has 0 aliphatic rings. The van der Waals surface area contributed by atoms with Crippen molar-refractivity contribution in [2.75, 3.05) is 6.61 Å². The van der Waals surface area contributed by atoms with Crippen LogP contribution in [0.15, 0.2) is 84.9 Å². The zero-order valence-electron chi connectivity index (χ0n) is 21.2. The van der Waals surface area contributed by atoms with Crippen molar-refractivity contribution >= 4 is 5.78 Å². The molecule has 0 radical (unpaired) electrons. The van der Waals surface area contributed by atoms with Crippen molar-refractivity contribution in [2.24, 2.45) is 0 Å². The average molecular weight is 521 g/mol. The van der Waals surface area contributed by atoms with Crippen LogP contribution >= 0.6 is 0 Å². The molecular weight excluding hydrogens is 492 g/mol. The lowest BCUT2D eigenvalue weighted by molar-refractivity contribution is -0.140. The van der Waals surface area contributed by atoms with Gasteiger partial charge in [-0.1, -0.05) is 86.1 Å². The van der Waals surface area contributed by atoms with E-state index in [1.807, 2.05) is 36.4 Å². The molecule has 6 heteroatoms. The summed E-state index contributed by atoms with van der Waals surface area (Å²) in [6, 6.07) is 25.7. The monoisotopic (exact) mass is 520 g/mol. The molecule has 0 unspecified atom stereocenters. The zero-order chi connectivity index (χ0) is 27.3. The number of Topliss-reactive ketones (excluding diaryl/α,β-unsaturated/α-hetero) is 1. The van der Waals surface area contributed by atoms with E-state index in [1.54, 1.807) is 12.1 Å². The van der Waals surface area contributed by atoms with Gasteiger partial charge < -0.3 is 4.74 Å². The molecule has 0 spiro atoms. The summed E-state index contributed by atoms with van der Waals surface area (Å²) in [7, 11) is 0. The second-order valence-electron chi connectivity index (χ2n) is 9.05. The summed E-state index contributed by atoms with van der Waals surface area (Å²) in [5.41, 5.74) is 3.66. The standard InChI is InChI=1S/C32H28F4O2/c1-3-5-21-6-10-23(11-7-21)25-14-16-26(17-15-25)24-12-8-22(9-13-24)20-28(37)27-18-19-29(38-4-2)31(33)30(27)32(34,35)36/h6-19H,3-5,20H2,1-2H3. The van der Waals surface area contributed by atoms with E-state index in [1.165, 1.54) is 12.5 Å². The SMILES string of the molecule is CCCc1ccc(-c2ccc(-c3ccc(CC(=O)c4ccc(OCC)c(F)c4C(F)(F)F)cc3)cc2)cc1. The van der Waals surface area contributed by atoms with Gasteiger partial charge in [0.05, 0.1) is 6.61 Å². The number of carbonyl (C=O) groups excluding carboxylic acids is 1. The van der Waals surface area contributed by atoms with Crippen molar-refractivity contribution in [3.63, 3.8) is 0 Å². The van der Waals surface area contributed by atoms with Gasteiger partial charge >= 0.3 is 6.18 Å². The lowest BCUT2D eigenvalue weighted by Gasteiger charge is -2.16. The topological polar surface area (TPSA) is 26.3 Å². The molecule has 0 aromatic heterocycles. The molecule has 0 aliphatic heterocycles. The fourth-order valence-corrected chi connectivity index (χ4v) is 4.44. The Morgan fingerprint density at radius 2 is 1.18 bits per heavy atom. The van der Waals surface area contributed by atoms with Crippen molar-refractivity contribution in [2.45, 2.75) is 39.3 Å². The third-order valence-electron chi connectivity index (χ3n) is 6.35. The molecule has 0 aliphatic carbocycles. The third-order valence-corrected chi connectivity index (χ3v) is 6.35. The number of ether oxygens (including phenoxy) is 1. The molecule has 196 valence electrons. The number of alkyl halides is 3. The molecule has 0 saturated carbocycles. The third kappa shape index (κ3) is 6.13. The quantitative estimate of drug-likeness (QED) is 0.163. The maximum Gasteiger partial charge on any atom is 0.420 e. The van der Waals surface area contributed by atoms with Crippen LogP contribution in [0.25, 0.3) is 22.3 Å². The molecule has 0 saturated heterocycles. The Bertz CT molecular complexity index is 1390. The van der Waals surface area contributed by atoms with Crippen LogP contribution in [0.5, 0.6) is 5.75 Å². The number of aryl methyl sites for hydroxylation is 1. The van der Waals surface area contributed by atoms with E-state index in [2.05, 4.69) is 31.2 Å². The van der Waals surface area contributed by atoms with Crippen molar-refractivity contribution in [3.05, 3.63) is 113 Å². The minimum atomic E-state index is -5.03. The van der Waals surface area contributed by atoms with E-state index in [9.17, 15) is 22.4 Å². The second kappa shape index (κ2) is 11.6. The van der Waals surface area contributed by atoms with E-state index in [0.717, 1.165) is 47.2 Å². The maximum atomic E-state index is 14.5. The minimum absolute atomic E-state index is 0.00271. The van der Waals surface area contributed by atoms with Gasteiger partial charge in [-0.05, 0) is 58.9 Å². The highest BCUT2D eigenvalue weighted by Crippen LogP contribution is 2.38. The first-order chi connectivity index (χ1) is 18.2. The Morgan fingerprint density at radius 1 is 0.711 bits per heavy atom. The highest BCUT2D eigenvalue weighted by Gasteiger charge is 2.40. The van der Waals surface area contributed by atoms with E-state index in [0.29, 0.717) is 5.56 Å². The number of hydrogen-bond acceptors (Lipinski definition) is 2. The van der Waals surface area contributed by atoms with Gasteiger partial charge in [-0.2, -0.15) is 13.2 Å². The van der Waals surface area contributed by atoms with Gasteiger partial charge in [0, 0.05) is 12.0 Å². The predicted molar refractivity (Wildman–Crippen MR) is 142 cm³/mol. The number of carbonyl (C=O) groups is 1. The maximum absolute atomic E-state index is 14.5. The van der Waals surface area contributed by atoms with Crippen LogP contribution in [-0.4, -0.2) is 12.4 Å². The lowest BCUT2D eigenvalue weighted by Crippen LogP contribution is -2.18. The molecule has 0 N–H and O–H groups in total. The summed E-state index contributed by atoms with van der Waals surface area (Å²) in [5, 5.41) is 0. The fourth-order valence-electron chi connectivity index (χ4n) is 4.44. The zero-order valence-corrected chi connectivity index (χ0v) is 21.2. The number of rotatable bonds is 9. The average Bonchev–Trinajstić information content (AvgIpc) is 2.90. The molecule has 4 rings (SSSR count). The first-order valence-electron chi connectivity index (χ1n) is 12.6. The van der Waals surface area contributed by atoms with Gasteiger partial charge in [-0.15, -0.1) is 0 Å². The van der Waals surface area contributed by atoms with Gasteiger partial charge in [0.1, 0.15) is 5.56 Å². The van der Waals surface area contributed by atoms with Crippen LogP contribution in [-0.2, 0) is 19.0 Å². The Kier molecular flexibility index (Phi) is 8.30. The highest BCUT2D eigenvalue weighted by atomic mass is 19.4. The van der Waals surface area contributed by atoms with Crippen LogP contribution in [0, 0.1) is 5.82 Å².